The minimum atomic E-state index is -4.74. The molecule has 2 aromatic heterocycles. The van der Waals surface area contributed by atoms with Crippen LogP contribution < -0.4 is 0 Å². The molecule has 0 spiro atoms. The van der Waals surface area contributed by atoms with Gasteiger partial charge in [0.05, 0.1) is 16.8 Å². The van der Waals surface area contributed by atoms with Crippen LogP contribution in [0.5, 0.6) is 0 Å². The zero-order valence-corrected chi connectivity index (χ0v) is 15.8. The molecule has 1 amide bonds. The molecule has 148 valence electrons. The number of nitrogens with zero attached hydrogens (tertiary/aromatic N) is 4. The number of sulfone groups is 1. The summed E-state index contributed by atoms with van der Waals surface area (Å²) >= 11 is 0. The van der Waals surface area contributed by atoms with Gasteiger partial charge in [-0.15, -0.1) is 0 Å². The van der Waals surface area contributed by atoms with Crippen molar-refractivity contribution in [3.05, 3.63) is 47.8 Å². The Bertz CT molecular complexity index is 1170. The van der Waals surface area contributed by atoms with Gasteiger partial charge < -0.3 is 4.90 Å². The third kappa shape index (κ3) is 3.57. The summed E-state index contributed by atoms with van der Waals surface area (Å²) < 4.78 is 64.3. The molecule has 0 saturated heterocycles. The van der Waals surface area contributed by atoms with Crippen molar-refractivity contribution < 1.29 is 26.4 Å². The van der Waals surface area contributed by atoms with Gasteiger partial charge in [-0.25, -0.2) is 17.9 Å². The molecular formula is C17H15F3N4O3S. The SMILES string of the molecule is CN(C)C(=O)c1cnn2c(C(F)(F)F)cc(-c3ccc(S(C)(=O)=O)cc3)nc12. The molecule has 2 heterocycles. The van der Waals surface area contributed by atoms with Gasteiger partial charge in [0.15, 0.2) is 21.2 Å². The smallest absolute Gasteiger partial charge is 0.345 e. The number of carbonyl (C=O) groups excluding carboxylic acids is 1. The number of aromatic nitrogens is 3. The van der Waals surface area contributed by atoms with Gasteiger partial charge in [0.1, 0.15) is 5.56 Å². The van der Waals surface area contributed by atoms with E-state index < -0.39 is 27.6 Å². The van der Waals surface area contributed by atoms with Gasteiger partial charge in [0, 0.05) is 25.9 Å². The number of rotatable bonds is 3. The second-order valence-electron chi connectivity index (χ2n) is 6.31. The molecule has 3 rings (SSSR count). The summed E-state index contributed by atoms with van der Waals surface area (Å²) in [6.07, 6.45) is -2.68. The van der Waals surface area contributed by atoms with Crippen LogP contribution in [-0.2, 0) is 16.0 Å². The average molecular weight is 412 g/mol. The Hall–Kier alpha value is -2.95. The molecule has 1 aromatic carbocycles. The van der Waals surface area contributed by atoms with Crippen LogP contribution in [0.3, 0.4) is 0 Å². The van der Waals surface area contributed by atoms with E-state index in [0.29, 0.717) is 4.52 Å². The minimum Gasteiger partial charge on any atom is -0.345 e. The lowest BCUT2D eigenvalue weighted by Gasteiger charge is -2.13. The van der Waals surface area contributed by atoms with Crippen molar-refractivity contribution >= 4 is 21.4 Å². The number of fused-ring (bicyclic) bond motifs is 1. The lowest BCUT2D eigenvalue weighted by molar-refractivity contribution is -0.142. The highest BCUT2D eigenvalue weighted by molar-refractivity contribution is 7.90. The highest BCUT2D eigenvalue weighted by Gasteiger charge is 2.36. The number of amides is 1. The van der Waals surface area contributed by atoms with Crippen LogP contribution in [0.25, 0.3) is 16.9 Å². The fraction of sp³-hybridized carbons (Fsp3) is 0.235. The summed E-state index contributed by atoms with van der Waals surface area (Å²) in [4.78, 5) is 17.7. The fourth-order valence-corrected chi connectivity index (χ4v) is 3.21. The first-order valence-corrected chi connectivity index (χ1v) is 9.77. The van der Waals surface area contributed by atoms with Crippen molar-refractivity contribution in [3.8, 4) is 11.3 Å². The third-order valence-corrected chi connectivity index (χ3v) is 5.11. The first kappa shape index (κ1) is 19.8. The molecular weight excluding hydrogens is 397 g/mol. The summed E-state index contributed by atoms with van der Waals surface area (Å²) in [7, 11) is -0.526. The second-order valence-corrected chi connectivity index (χ2v) is 8.33. The molecule has 0 N–H and O–H groups in total. The molecule has 0 unspecified atom stereocenters. The zero-order chi connectivity index (χ0) is 20.9. The number of hydrogen-bond donors (Lipinski definition) is 0. The third-order valence-electron chi connectivity index (χ3n) is 3.98. The van der Waals surface area contributed by atoms with Crippen molar-refractivity contribution in [2.45, 2.75) is 11.1 Å². The summed E-state index contributed by atoms with van der Waals surface area (Å²) in [6.45, 7) is 0. The van der Waals surface area contributed by atoms with Gasteiger partial charge in [-0.2, -0.15) is 18.3 Å². The standard InChI is InChI=1S/C17H15F3N4O3S/c1-23(2)16(25)12-9-21-24-14(17(18,19)20)8-13(22-15(12)24)10-4-6-11(7-5-10)28(3,26)27/h4-9H,1-3H3. The van der Waals surface area contributed by atoms with Gasteiger partial charge >= 0.3 is 6.18 Å². The molecule has 0 aliphatic heterocycles. The lowest BCUT2D eigenvalue weighted by Crippen LogP contribution is -2.22. The molecule has 0 atom stereocenters. The van der Waals surface area contributed by atoms with E-state index in [-0.39, 0.29) is 27.4 Å². The summed E-state index contributed by atoms with van der Waals surface area (Å²) in [5.41, 5.74) is -1.21. The number of carbonyl (C=O) groups is 1. The minimum absolute atomic E-state index is 0.0289. The molecule has 28 heavy (non-hydrogen) atoms. The van der Waals surface area contributed by atoms with Crippen LogP contribution >= 0.6 is 0 Å². The van der Waals surface area contributed by atoms with Crippen molar-refractivity contribution in [2.24, 2.45) is 0 Å². The highest BCUT2D eigenvalue weighted by atomic mass is 32.2. The molecule has 0 saturated carbocycles. The molecule has 0 fully saturated rings. The van der Waals surface area contributed by atoms with Crippen LogP contribution in [0.4, 0.5) is 13.2 Å². The van der Waals surface area contributed by atoms with E-state index in [4.69, 9.17) is 0 Å². The summed E-state index contributed by atoms with van der Waals surface area (Å²) in [6, 6.07) is 6.09. The van der Waals surface area contributed by atoms with E-state index in [1.54, 1.807) is 0 Å². The summed E-state index contributed by atoms with van der Waals surface area (Å²) in [5, 5.41) is 3.68. The zero-order valence-electron chi connectivity index (χ0n) is 15.0. The first-order chi connectivity index (χ1) is 12.9. The van der Waals surface area contributed by atoms with E-state index >= 15 is 0 Å². The normalized spacial score (nSPS) is 12.4. The molecule has 0 aliphatic carbocycles. The number of hydrogen-bond acceptors (Lipinski definition) is 5. The van der Waals surface area contributed by atoms with E-state index in [0.717, 1.165) is 18.5 Å². The monoisotopic (exact) mass is 412 g/mol. The number of benzene rings is 1. The van der Waals surface area contributed by atoms with Gasteiger partial charge in [-0.3, -0.25) is 4.79 Å². The predicted molar refractivity (Wildman–Crippen MR) is 94.6 cm³/mol. The fourth-order valence-electron chi connectivity index (χ4n) is 2.58. The Morgan fingerprint density at radius 2 is 1.75 bits per heavy atom. The van der Waals surface area contributed by atoms with Crippen LogP contribution in [0, 0.1) is 0 Å². The molecule has 11 heteroatoms. The maximum absolute atomic E-state index is 13.5. The van der Waals surface area contributed by atoms with Crippen molar-refractivity contribution in [1.82, 2.24) is 19.5 Å². The van der Waals surface area contributed by atoms with Gasteiger partial charge in [0.2, 0.25) is 0 Å². The molecule has 0 bridgehead atoms. The quantitative estimate of drug-likeness (QED) is 0.660. The predicted octanol–water partition coefficient (Wildman–Crippen LogP) is 2.52. The van der Waals surface area contributed by atoms with Crippen molar-refractivity contribution in [2.75, 3.05) is 20.4 Å². The molecule has 0 radical (unpaired) electrons. The van der Waals surface area contributed by atoms with E-state index in [2.05, 4.69) is 10.1 Å². The van der Waals surface area contributed by atoms with Crippen molar-refractivity contribution in [3.63, 3.8) is 0 Å². The average Bonchev–Trinajstić information content (AvgIpc) is 3.02. The van der Waals surface area contributed by atoms with Crippen LogP contribution in [0.1, 0.15) is 16.1 Å². The van der Waals surface area contributed by atoms with Crippen LogP contribution in [0.15, 0.2) is 41.4 Å². The molecule has 7 nitrogen and oxygen atoms in total. The van der Waals surface area contributed by atoms with E-state index in [9.17, 15) is 26.4 Å². The van der Waals surface area contributed by atoms with Gasteiger partial charge in [-0.05, 0) is 18.2 Å². The van der Waals surface area contributed by atoms with E-state index in [1.165, 1.54) is 43.3 Å². The Labute approximate surface area is 158 Å². The maximum atomic E-state index is 13.5. The maximum Gasteiger partial charge on any atom is 0.433 e. The largest absolute Gasteiger partial charge is 0.433 e. The molecule has 3 aromatic rings. The molecule has 0 aliphatic rings. The Kier molecular flexibility index (Phi) is 4.66. The highest BCUT2D eigenvalue weighted by Crippen LogP contribution is 2.33. The van der Waals surface area contributed by atoms with Crippen LogP contribution in [-0.4, -0.2) is 54.2 Å². The topological polar surface area (TPSA) is 84.6 Å². The van der Waals surface area contributed by atoms with E-state index in [1.807, 2.05) is 0 Å². The second kappa shape index (κ2) is 6.59. The van der Waals surface area contributed by atoms with Crippen LogP contribution in [0.2, 0.25) is 0 Å². The van der Waals surface area contributed by atoms with Crippen molar-refractivity contribution in [1.29, 1.82) is 0 Å². The number of alkyl halides is 3. The first-order valence-electron chi connectivity index (χ1n) is 7.87. The van der Waals surface area contributed by atoms with Gasteiger partial charge in [-0.1, -0.05) is 12.1 Å². The van der Waals surface area contributed by atoms with Gasteiger partial charge in [0.25, 0.3) is 5.91 Å². The Balaban J connectivity index is 2.26. The summed E-state index contributed by atoms with van der Waals surface area (Å²) in [5.74, 6) is -0.541. The Morgan fingerprint density at radius 1 is 1.14 bits per heavy atom. The Morgan fingerprint density at radius 3 is 2.25 bits per heavy atom. The lowest BCUT2D eigenvalue weighted by atomic mass is 10.1. The number of halogens is 3.